The van der Waals surface area contributed by atoms with E-state index in [1.54, 1.807) is 12.1 Å². The predicted molar refractivity (Wildman–Crippen MR) is 111 cm³/mol. The summed E-state index contributed by atoms with van der Waals surface area (Å²) in [4.78, 5) is 35.8. The van der Waals surface area contributed by atoms with Gasteiger partial charge in [-0.05, 0) is 36.1 Å². The summed E-state index contributed by atoms with van der Waals surface area (Å²) in [6, 6.07) is 17.4. The number of esters is 1. The van der Waals surface area contributed by atoms with Gasteiger partial charge in [0.1, 0.15) is 6.54 Å². The summed E-state index contributed by atoms with van der Waals surface area (Å²) in [6.45, 7) is -0.604. The summed E-state index contributed by atoms with van der Waals surface area (Å²) >= 11 is 0. The van der Waals surface area contributed by atoms with Crippen LogP contribution in [0.3, 0.4) is 0 Å². The third kappa shape index (κ3) is 6.45. The molecule has 6 heteroatoms. The summed E-state index contributed by atoms with van der Waals surface area (Å²) in [6.07, 6.45) is 5.00. The molecule has 2 amide bonds. The number of carbonyl (C=O) groups is 3. The van der Waals surface area contributed by atoms with Gasteiger partial charge in [0.15, 0.2) is 6.61 Å². The minimum absolute atomic E-state index is 0.0151. The van der Waals surface area contributed by atoms with Crippen LogP contribution in [0.5, 0.6) is 0 Å². The highest BCUT2D eigenvalue weighted by Crippen LogP contribution is 2.23. The molecular formula is C23H26N2O4. The van der Waals surface area contributed by atoms with Crippen LogP contribution in [0.1, 0.15) is 32.1 Å². The van der Waals surface area contributed by atoms with Crippen molar-refractivity contribution in [2.45, 2.75) is 32.1 Å². The Morgan fingerprint density at radius 2 is 1.52 bits per heavy atom. The van der Waals surface area contributed by atoms with Crippen molar-refractivity contribution in [2.24, 2.45) is 5.92 Å². The first-order chi connectivity index (χ1) is 14.1. The second-order valence-electron chi connectivity index (χ2n) is 7.20. The molecule has 152 valence electrons. The van der Waals surface area contributed by atoms with Gasteiger partial charge in [-0.1, -0.05) is 61.7 Å². The first-order valence-electron chi connectivity index (χ1n) is 10.0. The minimum atomic E-state index is -0.622. The third-order valence-electron chi connectivity index (χ3n) is 5.02. The van der Waals surface area contributed by atoms with Gasteiger partial charge in [-0.3, -0.25) is 14.4 Å². The Morgan fingerprint density at radius 1 is 0.862 bits per heavy atom. The number of benzene rings is 2. The van der Waals surface area contributed by atoms with Crippen LogP contribution >= 0.6 is 0 Å². The molecule has 0 unspecified atom stereocenters. The van der Waals surface area contributed by atoms with E-state index < -0.39 is 18.5 Å². The van der Waals surface area contributed by atoms with Crippen molar-refractivity contribution in [3.8, 4) is 11.1 Å². The van der Waals surface area contributed by atoms with Crippen LogP contribution < -0.4 is 10.6 Å². The lowest BCUT2D eigenvalue weighted by Crippen LogP contribution is -2.36. The van der Waals surface area contributed by atoms with E-state index in [2.05, 4.69) is 10.6 Å². The summed E-state index contributed by atoms with van der Waals surface area (Å²) in [5.41, 5.74) is 2.76. The van der Waals surface area contributed by atoms with Gasteiger partial charge < -0.3 is 15.4 Å². The molecular weight excluding hydrogens is 368 g/mol. The van der Waals surface area contributed by atoms with E-state index in [-0.39, 0.29) is 18.4 Å². The number of ether oxygens (including phenoxy) is 1. The number of hydrogen-bond acceptors (Lipinski definition) is 4. The van der Waals surface area contributed by atoms with Crippen LogP contribution in [-0.2, 0) is 19.1 Å². The molecule has 0 bridgehead atoms. The Balaban J connectivity index is 1.38. The maximum Gasteiger partial charge on any atom is 0.325 e. The highest BCUT2D eigenvalue weighted by molar-refractivity contribution is 5.93. The SMILES string of the molecule is O=C(COC(=O)CNC(=O)C1CCCCC1)Nc1ccc(-c2ccccc2)cc1. The molecule has 0 aromatic heterocycles. The zero-order valence-electron chi connectivity index (χ0n) is 16.4. The van der Waals surface area contributed by atoms with E-state index >= 15 is 0 Å². The summed E-state index contributed by atoms with van der Waals surface area (Å²) in [5, 5.41) is 5.29. The number of rotatable bonds is 7. The lowest BCUT2D eigenvalue weighted by molar-refractivity contribution is -0.147. The number of carbonyl (C=O) groups excluding carboxylic acids is 3. The molecule has 1 aliphatic rings. The molecule has 0 heterocycles. The molecule has 0 atom stereocenters. The molecule has 0 spiro atoms. The van der Waals surface area contributed by atoms with Crippen molar-refractivity contribution in [1.82, 2.24) is 5.32 Å². The Bertz CT molecular complexity index is 828. The van der Waals surface area contributed by atoms with Crippen LogP contribution in [-0.4, -0.2) is 30.9 Å². The van der Waals surface area contributed by atoms with Crippen LogP contribution in [0.2, 0.25) is 0 Å². The largest absolute Gasteiger partial charge is 0.454 e. The van der Waals surface area contributed by atoms with Crippen molar-refractivity contribution >= 4 is 23.5 Å². The van der Waals surface area contributed by atoms with E-state index in [0.717, 1.165) is 43.2 Å². The number of amides is 2. The van der Waals surface area contributed by atoms with Crippen LogP contribution in [0.4, 0.5) is 5.69 Å². The van der Waals surface area contributed by atoms with Gasteiger partial charge in [0.2, 0.25) is 5.91 Å². The van der Waals surface area contributed by atoms with Gasteiger partial charge in [0, 0.05) is 11.6 Å². The molecule has 1 fully saturated rings. The van der Waals surface area contributed by atoms with E-state index in [9.17, 15) is 14.4 Å². The van der Waals surface area contributed by atoms with E-state index in [1.165, 1.54) is 0 Å². The standard InChI is InChI=1S/C23H26N2O4/c26-21(16-29-22(27)15-24-23(28)19-9-5-2-6-10-19)25-20-13-11-18(12-14-20)17-7-3-1-4-8-17/h1,3-4,7-8,11-14,19H,2,5-6,9-10,15-16H2,(H,24,28)(H,25,26). The molecule has 29 heavy (non-hydrogen) atoms. The average molecular weight is 394 g/mol. The fraction of sp³-hybridized carbons (Fsp3) is 0.348. The highest BCUT2D eigenvalue weighted by Gasteiger charge is 2.21. The number of anilines is 1. The van der Waals surface area contributed by atoms with Gasteiger partial charge in [0.05, 0.1) is 0 Å². The topological polar surface area (TPSA) is 84.5 Å². The molecule has 2 N–H and O–H groups in total. The highest BCUT2D eigenvalue weighted by atomic mass is 16.5. The van der Waals surface area contributed by atoms with Gasteiger partial charge in [-0.15, -0.1) is 0 Å². The van der Waals surface area contributed by atoms with Crippen molar-refractivity contribution < 1.29 is 19.1 Å². The predicted octanol–water partition coefficient (Wildman–Crippen LogP) is 3.53. The van der Waals surface area contributed by atoms with Crippen molar-refractivity contribution in [3.63, 3.8) is 0 Å². The zero-order valence-corrected chi connectivity index (χ0v) is 16.4. The fourth-order valence-corrected chi connectivity index (χ4v) is 3.44. The maximum absolute atomic E-state index is 12.0. The van der Waals surface area contributed by atoms with Crippen molar-refractivity contribution in [2.75, 3.05) is 18.5 Å². The third-order valence-corrected chi connectivity index (χ3v) is 5.02. The summed E-state index contributed by atoms with van der Waals surface area (Å²) < 4.78 is 4.94. The Kier molecular flexibility index (Phi) is 7.39. The lowest BCUT2D eigenvalue weighted by Gasteiger charge is -2.20. The Labute approximate surface area is 170 Å². The molecule has 0 radical (unpaired) electrons. The van der Waals surface area contributed by atoms with Crippen LogP contribution in [0.15, 0.2) is 54.6 Å². The van der Waals surface area contributed by atoms with Gasteiger partial charge >= 0.3 is 5.97 Å². The smallest absolute Gasteiger partial charge is 0.325 e. The molecule has 0 aliphatic heterocycles. The minimum Gasteiger partial charge on any atom is -0.454 e. The lowest BCUT2D eigenvalue weighted by atomic mass is 9.89. The maximum atomic E-state index is 12.0. The molecule has 3 rings (SSSR count). The monoisotopic (exact) mass is 394 g/mol. The van der Waals surface area contributed by atoms with E-state index in [1.807, 2.05) is 42.5 Å². The molecule has 2 aromatic rings. The Morgan fingerprint density at radius 3 is 2.21 bits per heavy atom. The van der Waals surface area contributed by atoms with Crippen LogP contribution in [0.25, 0.3) is 11.1 Å². The number of nitrogens with one attached hydrogen (secondary N) is 2. The quantitative estimate of drug-likeness (QED) is 0.704. The summed E-state index contributed by atoms with van der Waals surface area (Å²) in [5.74, 6) is -1.17. The van der Waals surface area contributed by atoms with Crippen LogP contribution in [0, 0.1) is 5.92 Å². The molecule has 1 saturated carbocycles. The average Bonchev–Trinajstić information content (AvgIpc) is 2.78. The molecule has 0 saturated heterocycles. The van der Waals surface area contributed by atoms with E-state index in [0.29, 0.717) is 5.69 Å². The second kappa shape index (κ2) is 10.4. The second-order valence-corrected chi connectivity index (χ2v) is 7.20. The van der Waals surface area contributed by atoms with Gasteiger partial charge in [-0.25, -0.2) is 0 Å². The fourth-order valence-electron chi connectivity index (χ4n) is 3.44. The first kappa shape index (κ1) is 20.6. The van der Waals surface area contributed by atoms with Gasteiger partial charge in [-0.2, -0.15) is 0 Å². The molecule has 1 aliphatic carbocycles. The zero-order chi connectivity index (χ0) is 20.5. The van der Waals surface area contributed by atoms with Gasteiger partial charge in [0.25, 0.3) is 5.91 Å². The summed E-state index contributed by atoms with van der Waals surface area (Å²) in [7, 11) is 0. The Hall–Kier alpha value is -3.15. The molecule has 2 aromatic carbocycles. The van der Waals surface area contributed by atoms with E-state index in [4.69, 9.17) is 4.74 Å². The van der Waals surface area contributed by atoms with Crippen molar-refractivity contribution in [1.29, 1.82) is 0 Å². The number of hydrogen-bond donors (Lipinski definition) is 2. The normalized spacial score (nSPS) is 14.1. The molecule has 6 nitrogen and oxygen atoms in total. The first-order valence-corrected chi connectivity index (χ1v) is 10.0. The van der Waals surface area contributed by atoms with Crippen molar-refractivity contribution in [3.05, 3.63) is 54.6 Å².